The number of hydrogen-bond acceptors (Lipinski definition) is 14. The summed E-state index contributed by atoms with van der Waals surface area (Å²) in [5, 5.41) is 72.7. The summed E-state index contributed by atoms with van der Waals surface area (Å²) in [6.07, 6.45) is -7.48. The van der Waals surface area contributed by atoms with E-state index in [1.165, 1.54) is 0 Å². The van der Waals surface area contributed by atoms with Gasteiger partial charge in [0.15, 0.2) is 18.4 Å². The Bertz CT molecular complexity index is 1340. The third kappa shape index (κ3) is 6.12. The molecule has 14 nitrogen and oxygen atoms in total. The first kappa shape index (κ1) is 39.0. The average molecular weight is 755 g/mol. The molecular formula is C39H62O14. The number of carbonyl (C=O) groups excluding carboxylic acids is 1. The van der Waals surface area contributed by atoms with E-state index in [1.807, 2.05) is 0 Å². The standard InChI is InChI=1S/C39H62O14/c1-17-7-10-39(48-16-17)18(2)27-24(53-39)12-22-21-6-5-19-11-20(8-9-37(19,3)28(21)23(42)13-38(22,27)4)49-35-33(47)31(45)34(26(15-41)51-35)52-36-32(46)30(44)29(43)25(14-40)50-36/h17-22,24-36,40-41,43-47H,5-16H2,1-4H3/t17-,18+,19+,20+,21+,22+,24?,25-,26-,27?,28-,29-,30+,31-,32-,33-,34-,35-,36+,37+,38+,39-/m1/s1. The summed E-state index contributed by atoms with van der Waals surface area (Å²) in [7, 11) is 0. The van der Waals surface area contributed by atoms with Crippen LogP contribution in [0.4, 0.5) is 0 Å². The van der Waals surface area contributed by atoms with E-state index in [4.69, 9.17) is 28.4 Å². The largest absolute Gasteiger partial charge is 0.394 e. The topological polar surface area (TPSA) is 214 Å². The van der Waals surface area contributed by atoms with Crippen molar-refractivity contribution in [2.24, 2.45) is 52.3 Å². The van der Waals surface area contributed by atoms with E-state index in [-0.39, 0.29) is 40.8 Å². The van der Waals surface area contributed by atoms with Gasteiger partial charge in [-0.1, -0.05) is 27.7 Å². The van der Waals surface area contributed by atoms with Gasteiger partial charge in [-0.3, -0.25) is 4.79 Å². The quantitative estimate of drug-likeness (QED) is 0.185. The third-order valence-corrected chi connectivity index (χ3v) is 15.9. The maximum atomic E-state index is 14.5. The molecule has 4 aliphatic carbocycles. The van der Waals surface area contributed by atoms with Crippen molar-refractivity contribution in [2.45, 2.75) is 165 Å². The Morgan fingerprint density at radius 2 is 1.47 bits per heavy atom. The molecule has 7 N–H and O–H groups in total. The van der Waals surface area contributed by atoms with Gasteiger partial charge in [-0.2, -0.15) is 0 Å². The van der Waals surface area contributed by atoms with Crippen LogP contribution in [0, 0.1) is 52.3 Å². The number of carbonyl (C=O) groups is 1. The first-order valence-electron chi connectivity index (χ1n) is 20.2. The summed E-state index contributed by atoms with van der Waals surface area (Å²) in [5.74, 6) is 1.91. The molecule has 0 bridgehead atoms. The van der Waals surface area contributed by atoms with Gasteiger partial charge in [0.2, 0.25) is 0 Å². The van der Waals surface area contributed by atoms with Crippen molar-refractivity contribution in [2.75, 3.05) is 19.8 Å². The molecule has 14 heteroatoms. The fourth-order valence-electron chi connectivity index (χ4n) is 13.0. The van der Waals surface area contributed by atoms with Gasteiger partial charge in [0, 0.05) is 24.7 Å². The SMILES string of the molecule is C[C@@H]1CC[C@@]2(OC1)OC1C[C@H]3[C@@H]4CC[C@H]5C[C@@H](O[C@@H]6O[C@H](CO)[C@@H](O[C@@H]7O[C@H](CO)[C@@H](O)[C@H](O)[C@H]7O)[C@H](O)[C@H]6O)CC[C@]5(C)[C@H]4C(=O)C[C@]3(C)C1[C@@H]2C. The molecule has 8 fully saturated rings. The van der Waals surface area contributed by atoms with Gasteiger partial charge in [-0.05, 0) is 85.4 Å². The lowest BCUT2D eigenvalue weighted by Crippen LogP contribution is -2.65. The lowest BCUT2D eigenvalue weighted by Gasteiger charge is -2.60. The number of ether oxygens (including phenoxy) is 6. The minimum absolute atomic E-state index is 0.0208. The second-order valence-corrected chi connectivity index (χ2v) is 18.7. The van der Waals surface area contributed by atoms with Crippen LogP contribution >= 0.6 is 0 Å². The highest BCUT2D eigenvalue weighted by Crippen LogP contribution is 2.70. The summed E-state index contributed by atoms with van der Waals surface area (Å²) in [4.78, 5) is 14.5. The molecule has 53 heavy (non-hydrogen) atoms. The van der Waals surface area contributed by atoms with Crippen LogP contribution in [0.1, 0.15) is 85.5 Å². The van der Waals surface area contributed by atoms with E-state index >= 15 is 0 Å². The number of ketones is 1. The van der Waals surface area contributed by atoms with Crippen LogP contribution in [0.2, 0.25) is 0 Å². The Morgan fingerprint density at radius 1 is 0.774 bits per heavy atom. The lowest BCUT2D eigenvalue weighted by atomic mass is 9.44. The summed E-state index contributed by atoms with van der Waals surface area (Å²) >= 11 is 0. The first-order valence-corrected chi connectivity index (χ1v) is 20.2. The number of fused-ring (bicyclic) bond motifs is 7. The van der Waals surface area contributed by atoms with Gasteiger partial charge in [0.05, 0.1) is 32.0 Å². The molecule has 8 aliphatic rings. The Morgan fingerprint density at radius 3 is 2.17 bits per heavy atom. The predicted molar refractivity (Wildman–Crippen MR) is 183 cm³/mol. The summed E-state index contributed by atoms with van der Waals surface area (Å²) < 4.78 is 36.8. The summed E-state index contributed by atoms with van der Waals surface area (Å²) in [6.45, 7) is 8.63. The van der Waals surface area contributed by atoms with Crippen molar-refractivity contribution < 1.29 is 69.0 Å². The lowest BCUT2D eigenvalue weighted by molar-refractivity contribution is -0.364. The van der Waals surface area contributed by atoms with Crippen LogP contribution < -0.4 is 0 Å². The molecule has 4 saturated carbocycles. The Balaban J connectivity index is 0.911. The van der Waals surface area contributed by atoms with E-state index < -0.39 is 80.4 Å². The van der Waals surface area contributed by atoms with Crippen LogP contribution in [0.15, 0.2) is 0 Å². The van der Waals surface area contributed by atoms with Crippen LogP contribution in [0.5, 0.6) is 0 Å². The normalized spacial score (nSPS) is 58.2. The van der Waals surface area contributed by atoms with Crippen molar-refractivity contribution in [3.63, 3.8) is 0 Å². The van der Waals surface area contributed by atoms with Gasteiger partial charge in [0.1, 0.15) is 54.6 Å². The highest BCUT2D eigenvalue weighted by atomic mass is 16.7. The number of hydrogen-bond donors (Lipinski definition) is 7. The van der Waals surface area contributed by atoms with Crippen molar-refractivity contribution in [3.8, 4) is 0 Å². The Kier molecular flexibility index (Phi) is 10.5. The number of rotatable bonds is 6. The van der Waals surface area contributed by atoms with Crippen LogP contribution in [-0.2, 0) is 33.2 Å². The van der Waals surface area contributed by atoms with E-state index in [0.717, 1.165) is 45.1 Å². The molecular weight excluding hydrogens is 692 g/mol. The summed E-state index contributed by atoms with van der Waals surface area (Å²) in [6, 6.07) is 0. The molecule has 0 aromatic heterocycles. The van der Waals surface area contributed by atoms with Gasteiger partial charge in [0.25, 0.3) is 0 Å². The molecule has 1 spiro atoms. The van der Waals surface area contributed by atoms with Crippen LogP contribution in [-0.4, -0.2) is 141 Å². The molecule has 0 aromatic carbocycles. The minimum atomic E-state index is -1.74. The number of Topliss-reactive ketones (excluding diaryl/α,β-unsaturated/α-hetero) is 1. The fourth-order valence-corrected chi connectivity index (χ4v) is 13.0. The molecule has 4 aliphatic heterocycles. The summed E-state index contributed by atoms with van der Waals surface area (Å²) in [5.41, 5.74) is -0.288. The molecule has 0 aromatic rings. The number of aliphatic hydroxyl groups excluding tert-OH is 7. The molecule has 4 heterocycles. The van der Waals surface area contributed by atoms with Crippen LogP contribution in [0.25, 0.3) is 0 Å². The third-order valence-electron chi connectivity index (χ3n) is 15.9. The number of aliphatic hydroxyl groups is 7. The van der Waals surface area contributed by atoms with Crippen molar-refractivity contribution in [1.82, 2.24) is 0 Å². The van der Waals surface area contributed by atoms with E-state index in [1.54, 1.807) is 0 Å². The van der Waals surface area contributed by atoms with Gasteiger partial charge in [-0.25, -0.2) is 0 Å². The van der Waals surface area contributed by atoms with Crippen molar-refractivity contribution in [3.05, 3.63) is 0 Å². The molecule has 2 unspecified atom stereocenters. The highest BCUT2D eigenvalue weighted by Gasteiger charge is 2.71. The second kappa shape index (κ2) is 14.2. The molecule has 302 valence electrons. The molecule has 0 radical (unpaired) electrons. The molecule has 4 saturated heterocycles. The Hall–Kier alpha value is -0.850. The zero-order chi connectivity index (χ0) is 37.8. The smallest absolute Gasteiger partial charge is 0.187 e. The monoisotopic (exact) mass is 754 g/mol. The van der Waals surface area contributed by atoms with E-state index in [0.29, 0.717) is 48.7 Å². The van der Waals surface area contributed by atoms with Gasteiger partial charge < -0.3 is 64.2 Å². The molecule has 8 rings (SSSR count). The average Bonchev–Trinajstić information content (AvgIpc) is 3.57. The van der Waals surface area contributed by atoms with Crippen LogP contribution in [0.3, 0.4) is 0 Å². The first-order chi connectivity index (χ1) is 25.2. The predicted octanol–water partition coefficient (Wildman–Crippen LogP) is 0.621. The minimum Gasteiger partial charge on any atom is -0.394 e. The van der Waals surface area contributed by atoms with Crippen molar-refractivity contribution in [1.29, 1.82) is 0 Å². The zero-order valence-corrected chi connectivity index (χ0v) is 31.4. The maximum Gasteiger partial charge on any atom is 0.187 e. The van der Waals surface area contributed by atoms with E-state index in [2.05, 4.69) is 27.7 Å². The van der Waals surface area contributed by atoms with E-state index in [9.17, 15) is 40.5 Å². The highest BCUT2D eigenvalue weighted by molar-refractivity contribution is 5.84. The maximum absolute atomic E-state index is 14.5. The molecule has 0 amide bonds. The van der Waals surface area contributed by atoms with Crippen molar-refractivity contribution >= 4 is 5.78 Å². The zero-order valence-electron chi connectivity index (χ0n) is 31.4. The fraction of sp³-hybridized carbons (Fsp3) is 0.974. The van der Waals surface area contributed by atoms with Gasteiger partial charge >= 0.3 is 0 Å². The second-order valence-electron chi connectivity index (χ2n) is 18.7. The van der Waals surface area contributed by atoms with Gasteiger partial charge in [-0.15, -0.1) is 0 Å². The Labute approximate surface area is 311 Å². The molecule has 22 atom stereocenters.